The number of carboxylic acid groups (broad SMARTS) is 1. The second-order valence-corrected chi connectivity index (χ2v) is 4.81. The van der Waals surface area contributed by atoms with Gasteiger partial charge in [0.2, 0.25) is 0 Å². The molecule has 0 radical (unpaired) electrons. The minimum atomic E-state index is -0.859. The van der Waals surface area contributed by atoms with E-state index < -0.39 is 5.97 Å². The van der Waals surface area contributed by atoms with Crippen LogP contribution < -0.4 is 0 Å². The van der Waals surface area contributed by atoms with Gasteiger partial charge in [0.15, 0.2) is 0 Å². The molecule has 3 heteroatoms. The summed E-state index contributed by atoms with van der Waals surface area (Å²) < 4.78 is 0. The van der Waals surface area contributed by atoms with E-state index >= 15 is 0 Å². The van der Waals surface area contributed by atoms with E-state index in [1.54, 1.807) is 0 Å². The first-order valence-electron chi connectivity index (χ1n) is 6.26. The molecule has 0 bridgehead atoms. The molecule has 2 N–H and O–H groups in total. The number of allylic oxidation sites excluding steroid dienone is 1. The molecule has 1 fully saturated rings. The van der Waals surface area contributed by atoms with Gasteiger partial charge in [-0.1, -0.05) is 24.6 Å². The molecule has 0 amide bonds. The van der Waals surface area contributed by atoms with Gasteiger partial charge in [0.1, 0.15) is 0 Å². The largest absolute Gasteiger partial charge is 0.478 e. The van der Waals surface area contributed by atoms with Crippen LogP contribution in [0, 0.1) is 5.92 Å². The van der Waals surface area contributed by atoms with Gasteiger partial charge in [-0.25, -0.2) is 4.79 Å². The Hall–Kier alpha value is -2.03. The highest BCUT2D eigenvalue weighted by Crippen LogP contribution is 2.40. The van der Waals surface area contributed by atoms with E-state index in [2.05, 4.69) is 4.98 Å². The Labute approximate surface area is 105 Å². The highest BCUT2D eigenvalue weighted by Gasteiger charge is 2.25. The summed E-state index contributed by atoms with van der Waals surface area (Å²) in [4.78, 5) is 14.2. The number of aromatic amines is 1. The van der Waals surface area contributed by atoms with Gasteiger partial charge >= 0.3 is 5.97 Å². The van der Waals surface area contributed by atoms with Crippen LogP contribution in [0.3, 0.4) is 0 Å². The zero-order chi connectivity index (χ0) is 12.5. The lowest BCUT2D eigenvalue weighted by atomic mass is 9.77. The van der Waals surface area contributed by atoms with Crippen molar-refractivity contribution in [1.29, 1.82) is 0 Å². The third kappa shape index (κ3) is 1.82. The van der Waals surface area contributed by atoms with Crippen LogP contribution in [0.5, 0.6) is 0 Å². The first kappa shape index (κ1) is 11.1. The van der Waals surface area contributed by atoms with E-state index in [0.29, 0.717) is 5.92 Å². The normalized spacial score (nSPS) is 16.8. The van der Waals surface area contributed by atoms with Gasteiger partial charge in [0, 0.05) is 28.7 Å². The fraction of sp³-hybridized carbons (Fsp3) is 0.267. The number of H-pyrrole nitrogens is 1. The van der Waals surface area contributed by atoms with Crippen LogP contribution in [-0.2, 0) is 4.79 Å². The second-order valence-electron chi connectivity index (χ2n) is 4.81. The maximum atomic E-state index is 11.0. The molecule has 0 unspecified atom stereocenters. The van der Waals surface area contributed by atoms with E-state index in [0.717, 1.165) is 34.9 Å². The maximum absolute atomic E-state index is 11.0. The van der Waals surface area contributed by atoms with Crippen LogP contribution in [0.25, 0.3) is 16.5 Å². The molecule has 18 heavy (non-hydrogen) atoms. The highest BCUT2D eigenvalue weighted by atomic mass is 16.4. The van der Waals surface area contributed by atoms with E-state index in [9.17, 15) is 4.79 Å². The summed E-state index contributed by atoms with van der Waals surface area (Å²) in [6.07, 6.45) is 6.69. The Morgan fingerprint density at radius 3 is 2.78 bits per heavy atom. The van der Waals surface area contributed by atoms with Gasteiger partial charge in [-0.15, -0.1) is 0 Å². The molecule has 92 valence electrons. The fourth-order valence-corrected chi connectivity index (χ4v) is 2.58. The minimum Gasteiger partial charge on any atom is -0.478 e. The molecule has 0 saturated heterocycles. The minimum absolute atomic E-state index is 0.403. The predicted molar refractivity (Wildman–Crippen MR) is 71.3 cm³/mol. The number of aromatic nitrogens is 1. The number of fused-ring (bicyclic) bond motifs is 1. The summed E-state index contributed by atoms with van der Waals surface area (Å²) in [6.45, 7) is 0. The predicted octanol–water partition coefficient (Wildman–Crippen LogP) is 3.44. The number of rotatable bonds is 3. The monoisotopic (exact) mass is 241 g/mol. The Morgan fingerprint density at radius 2 is 2.11 bits per heavy atom. The molecule has 2 aromatic rings. The fourth-order valence-electron chi connectivity index (χ4n) is 2.58. The van der Waals surface area contributed by atoms with Gasteiger partial charge in [0.25, 0.3) is 0 Å². The summed E-state index contributed by atoms with van der Waals surface area (Å²) in [5.41, 5.74) is 3.06. The Morgan fingerprint density at radius 1 is 1.33 bits per heavy atom. The topological polar surface area (TPSA) is 53.1 Å². The smallest absolute Gasteiger partial charge is 0.328 e. The van der Waals surface area contributed by atoms with Gasteiger partial charge < -0.3 is 10.1 Å². The SMILES string of the molecule is O=C(O)/C=C(/c1c[nH]c2ccccc12)C1CCC1. The van der Waals surface area contributed by atoms with Crippen LogP contribution in [0.2, 0.25) is 0 Å². The average molecular weight is 241 g/mol. The van der Waals surface area contributed by atoms with Crippen LogP contribution >= 0.6 is 0 Å². The molecule has 3 rings (SSSR count). The number of para-hydroxylation sites is 1. The first-order valence-corrected chi connectivity index (χ1v) is 6.26. The van der Waals surface area contributed by atoms with Gasteiger partial charge in [-0.3, -0.25) is 0 Å². The molecule has 1 aromatic heterocycles. The molecule has 1 aliphatic rings. The standard InChI is InChI=1S/C15H15NO2/c17-15(18)8-12(10-4-3-5-10)13-9-16-14-7-2-1-6-11(13)14/h1-2,6-10,16H,3-5H2,(H,17,18)/b12-8+. The van der Waals surface area contributed by atoms with Crippen molar-refractivity contribution in [3.63, 3.8) is 0 Å². The van der Waals surface area contributed by atoms with E-state index in [4.69, 9.17) is 5.11 Å². The maximum Gasteiger partial charge on any atom is 0.328 e. The Bertz CT molecular complexity index is 620. The van der Waals surface area contributed by atoms with E-state index in [1.165, 1.54) is 12.5 Å². The van der Waals surface area contributed by atoms with E-state index in [-0.39, 0.29) is 0 Å². The summed E-state index contributed by atoms with van der Waals surface area (Å²) in [5.74, 6) is -0.456. The molecule has 1 aliphatic carbocycles. The van der Waals surface area contributed by atoms with Crippen molar-refractivity contribution in [2.24, 2.45) is 5.92 Å². The van der Waals surface area contributed by atoms with Gasteiger partial charge in [-0.2, -0.15) is 0 Å². The van der Waals surface area contributed by atoms with Crippen LogP contribution in [-0.4, -0.2) is 16.1 Å². The summed E-state index contributed by atoms with van der Waals surface area (Å²) in [6, 6.07) is 8.01. The van der Waals surface area contributed by atoms with Gasteiger partial charge in [-0.05, 0) is 30.4 Å². The van der Waals surface area contributed by atoms with E-state index in [1.807, 2.05) is 30.5 Å². The van der Waals surface area contributed by atoms with Crippen molar-refractivity contribution in [1.82, 2.24) is 4.98 Å². The lowest BCUT2D eigenvalue weighted by molar-refractivity contribution is -0.131. The van der Waals surface area contributed by atoms with Gasteiger partial charge in [0.05, 0.1) is 0 Å². The summed E-state index contributed by atoms with van der Waals surface area (Å²) >= 11 is 0. The number of nitrogens with one attached hydrogen (secondary N) is 1. The Kier molecular flexibility index (Phi) is 2.67. The summed E-state index contributed by atoms with van der Waals surface area (Å²) in [7, 11) is 0. The number of carboxylic acids is 1. The number of hydrogen-bond acceptors (Lipinski definition) is 1. The zero-order valence-corrected chi connectivity index (χ0v) is 10.0. The first-order chi connectivity index (χ1) is 8.75. The van der Waals surface area contributed by atoms with Crippen molar-refractivity contribution in [3.8, 4) is 0 Å². The molecular weight excluding hydrogens is 226 g/mol. The third-order valence-corrected chi connectivity index (χ3v) is 3.72. The zero-order valence-electron chi connectivity index (χ0n) is 10.0. The van der Waals surface area contributed by atoms with Crippen LogP contribution in [0.15, 0.2) is 36.5 Å². The van der Waals surface area contributed by atoms with Crippen LogP contribution in [0.1, 0.15) is 24.8 Å². The molecule has 1 aromatic carbocycles. The Balaban J connectivity index is 2.12. The lowest BCUT2D eigenvalue weighted by Crippen LogP contribution is -2.14. The number of benzene rings is 1. The molecule has 1 heterocycles. The van der Waals surface area contributed by atoms with Crippen molar-refractivity contribution in [3.05, 3.63) is 42.1 Å². The lowest BCUT2D eigenvalue weighted by Gasteiger charge is -2.28. The van der Waals surface area contributed by atoms with Crippen LogP contribution in [0.4, 0.5) is 0 Å². The third-order valence-electron chi connectivity index (χ3n) is 3.72. The number of aliphatic carboxylic acids is 1. The molecule has 0 spiro atoms. The van der Waals surface area contributed by atoms with Crippen molar-refractivity contribution < 1.29 is 9.90 Å². The number of carbonyl (C=O) groups is 1. The van der Waals surface area contributed by atoms with Crippen molar-refractivity contribution in [2.75, 3.05) is 0 Å². The molecule has 3 nitrogen and oxygen atoms in total. The molecule has 0 aliphatic heterocycles. The molecule has 0 atom stereocenters. The summed E-state index contributed by atoms with van der Waals surface area (Å²) in [5, 5.41) is 10.1. The second kappa shape index (κ2) is 4.33. The molecular formula is C15H15NO2. The van der Waals surface area contributed by atoms with Crippen molar-refractivity contribution >= 4 is 22.4 Å². The molecule has 1 saturated carbocycles. The quantitative estimate of drug-likeness (QED) is 0.809. The highest BCUT2D eigenvalue weighted by molar-refractivity contribution is 5.98. The average Bonchev–Trinajstić information content (AvgIpc) is 2.68. The van der Waals surface area contributed by atoms with Crippen molar-refractivity contribution in [2.45, 2.75) is 19.3 Å². The number of hydrogen-bond donors (Lipinski definition) is 2.